The van der Waals surface area contributed by atoms with Gasteiger partial charge >= 0.3 is 0 Å². The molecule has 9 heteroatoms. The van der Waals surface area contributed by atoms with Gasteiger partial charge < -0.3 is 9.80 Å². The zero-order chi connectivity index (χ0) is 20.8. The quantitative estimate of drug-likeness (QED) is 0.596. The molecule has 5 rings (SSSR count). The van der Waals surface area contributed by atoms with Gasteiger partial charge in [-0.3, -0.25) is 14.2 Å². The van der Waals surface area contributed by atoms with Crippen LogP contribution >= 0.6 is 11.8 Å². The van der Waals surface area contributed by atoms with Crippen molar-refractivity contribution in [2.45, 2.75) is 24.5 Å². The molecule has 2 aromatic heterocycles. The van der Waals surface area contributed by atoms with Crippen LogP contribution in [0.2, 0.25) is 0 Å². The average molecular weight is 425 g/mol. The molecule has 156 valence electrons. The SMILES string of the molecule is Cc1cccc(-n2ncc3c(=O)n4c(nc32)SC[C@H]4CC(=O)N2CCN(C)CC2)c1. The van der Waals surface area contributed by atoms with Crippen molar-refractivity contribution in [1.82, 2.24) is 29.1 Å². The molecule has 8 nitrogen and oxygen atoms in total. The highest BCUT2D eigenvalue weighted by molar-refractivity contribution is 7.99. The van der Waals surface area contributed by atoms with Crippen LogP contribution in [-0.2, 0) is 4.79 Å². The molecular weight excluding hydrogens is 400 g/mol. The topological polar surface area (TPSA) is 76.3 Å². The van der Waals surface area contributed by atoms with Crippen LogP contribution < -0.4 is 5.56 Å². The monoisotopic (exact) mass is 424 g/mol. The molecule has 2 aliphatic rings. The molecule has 0 spiro atoms. The van der Waals surface area contributed by atoms with E-state index >= 15 is 0 Å². The van der Waals surface area contributed by atoms with Gasteiger partial charge in [0.15, 0.2) is 10.8 Å². The molecule has 30 heavy (non-hydrogen) atoms. The number of thioether (sulfide) groups is 1. The molecule has 0 N–H and O–H groups in total. The fourth-order valence-electron chi connectivity index (χ4n) is 4.12. The first-order chi connectivity index (χ1) is 14.5. The van der Waals surface area contributed by atoms with Gasteiger partial charge in [0.05, 0.1) is 17.9 Å². The van der Waals surface area contributed by atoms with E-state index in [1.165, 1.54) is 11.8 Å². The highest BCUT2D eigenvalue weighted by Gasteiger charge is 2.31. The first kappa shape index (κ1) is 19.3. The van der Waals surface area contributed by atoms with E-state index in [2.05, 4.69) is 17.0 Å². The van der Waals surface area contributed by atoms with E-state index in [4.69, 9.17) is 4.98 Å². The number of carbonyl (C=O) groups is 1. The minimum absolute atomic E-state index is 0.115. The van der Waals surface area contributed by atoms with Crippen molar-refractivity contribution in [3.63, 3.8) is 0 Å². The van der Waals surface area contributed by atoms with Gasteiger partial charge in [-0.05, 0) is 31.7 Å². The number of nitrogens with zero attached hydrogens (tertiary/aromatic N) is 6. The highest BCUT2D eigenvalue weighted by Crippen LogP contribution is 2.33. The zero-order valence-electron chi connectivity index (χ0n) is 17.1. The number of benzene rings is 1. The molecule has 0 aliphatic carbocycles. The van der Waals surface area contributed by atoms with E-state index in [0.29, 0.717) is 28.4 Å². The molecule has 0 bridgehead atoms. The third-order valence-corrected chi connectivity index (χ3v) is 6.98. The predicted molar refractivity (Wildman–Crippen MR) is 116 cm³/mol. The molecule has 1 aromatic carbocycles. The standard InChI is InChI=1S/C21H24N6O2S/c1-14-4-3-5-15(10-14)27-19-17(12-22-27)20(29)26-16(13-30-21(26)23-19)11-18(28)25-8-6-24(2)7-9-25/h3-5,10,12,16H,6-9,11,13H2,1-2H3/t16-/m1/s1. The van der Waals surface area contributed by atoms with Crippen LogP contribution in [0.5, 0.6) is 0 Å². The number of piperazine rings is 1. The summed E-state index contributed by atoms with van der Waals surface area (Å²) < 4.78 is 3.41. The number of rotatable bonds is 3. The normalized spacial score (nSPS) is 19.4. The number of hydrogen-bond acceptors (Lipinski definition) is 6. The van der Waals surface area contributed by atoms with Gasteiger partial charge in [-0.15, -0.1) is 0 Å². The van der Waals surface area contributed by atoms with Crippen LogP contribution in [-0.4, -0.2) is 74.0 Å². The summed E-state index contributed by atoms with van der Waals surface area (Å²) in [4.78, 5) is 35.0. The van der Waals surface area contributed by atoms with E-state index in [1.54, 1.807) is 15.4 Å². The Balaban J connectivity index is 1.46. The van der Waals surface area contributed by atoms with Crippen LogP contribution in [0.4, 0.5) is 0 Å². The Hall–Kier alpha value is -2.65. The summed E-state index contributed by atoms with van der Waals surface area (Å²) in [5.41, 5.74) is 2.45. The molecule has 1 saturated heterocycles. The Kier molecular flexibility index (Phi) is 4.86. The summed E-state index contributed by atoms with van der Waals surface area (Å²) in [5.74, 6) is 0.802. The summed E-state index contributed by atoms with van der Waals surface area (Å²) in [6.45, 7) is 5.30. The van der Waals surface area contributed by atoms with Gasteiger partial charge in [0.2, 0.25) is 5.91 Å². The summed E-state index contributed by atoms with van der Waals surface area (Å²) >= 11 is 1.54. The molecule has 4 heterocycles. The van der Waals surface area contributed by atoms with Crippen LogP contribution in [0.25, 0.3) is 16.7 Å². The van der Waals surface area contributed by atoms with Gasteiger partial charge in [0, 0.05) is 38.4 Å². The van der Waals surface area contributed by atoms with Crippen molar-refractivity contribution < 1.29 is 4.79 Å². The van der Waals surface area contributed by atoms with Crippen LogP contribution in [0.3, 0.4) is 0 Å². The van der Waals surface area contributed by atoms with Crippen molar-refractivity contribution in [3.05, 3.63) is 46.4 Å². The van der Waals surface area contributed by atoms with Gasteiger partial charge in [-0.2, -0.15) is 5.10 Å². The van der Waals surface area contributed by atoms with Gasteiger partial charge in [0.25, 0.3) is 5.56 Å². The lowest BCUT2D eigenvalue weighted by Gasteiger charge is -2.33. The number of carbonyl (C=O) groups excluding carboxylic acids is 1. The number of aryl methyl sites for hydroxylation is 1. The summed E-state index contributed by atoms with van der Waals surface area (Å²) in [5, 5.41) is 5.58. The van der Waals surface area contributed by atoms with E-state index in [1.807, 2.05) is 36.1 Å². The third kappa shape index (κ3) is 3.31. The largest absolute Gasteiger partial charge is 0.340 e. The molecule has 1 atom stereocenters. The maximum Gasteiger partial charge on any atom is 0.265 e. The first-order valence-corrected chi connectivity index (χ1v) is 11.2. The summed E-state index contributed by atoms with van der Waals surface area (Å²) in [6.07, 6.45) is 1.92. The second-order valence-corrected chi connectivity index (χ2v) is 9.04. The lowest BCUT2D eigenvalue weighted by Crippen LogP contribution is -2.47. The Morgan fingerprint density at radius 3 is 2.80 bits per heavy atom. The molecule has 0 unspecified atom stereocenters. The Labute approximate surface area is 178 Å². The highest BCUT2D eigenvalue weighted by atomic mass is 32.2. The van der Waals surface area contributed by atoms with Crippen LogP contribution in [0.15, 0.2) is 40.4 Å². The number of amides is 1. The first-order valence-electron chi connectivity index (χ1n) is 10.2. The fourth-order valence-corrected chi connectivity index (χ4v) is 5.25. The van der Waals surface area contributed by atoms with Crippen LogP contribution in [0.1, 0.15) is 18.0 Å². The van der Waals surface area contributed by atoms with Gasteiger partial charge in [0.1, 0.15) is 5.39 Å². The Morgan fingerprint density at radius 2 is 2.03 bits per heavy atom. The lowest BCUT2D eigenvalue weighted by atomic mass is 10.2. The summed E-state index contributed by atoms with van der Waals surface area (Å²) in [6, 6.07) is 7.80. The van der Waals surface area contributed by atoms with Crippen LogP contribution in [0, 0.1) is 6.92 Å². The van der Waals surface area contributed by atoms with E-state index in [0.717, 1.165) is 37.4 Å². The Bertz CT molecular complexity index is 1180. The smallest absolute Gasteiger partial charge is 0.265 e. The zero-order valence-corrected chi connectivity index (χ0v) is 17.9. The van der Waals surface area contributed by atoms with E-state index in [-0.39, 0.29) is 17.5 Å². The molecule has 0 saturated carbocycles. The second-order valence-electron chi connectivity index (χ2n) is 8.06. The fraction of sp³-hybridized carbons (Fsp3) is 0.429. The molecule has 1 amide bonds. The summed E-state index contributed by atoms with van der Waals surface area (Å²) in [7, 11) is 2.07. The maximum absolute atomic E-state index is 13.3. The van der Waals surface area contributed by atoms with Crippen molar-refractivity contribution in [3.8, 4) is 5.69 Å². The minimum Gasteiger partial charge on any atom is -0.340 e. The Morgan fingerprint density at radius 1 is 1.23 bits per heavy atom. The minimum atomic E-state index is -0.163. The predicted octanol–water partition coefficient (Wildman–Crippen LogP) is 1.70. The number of likely N-dealkylation sites (N-methyl/N-ethyl adjacent to an activating group) is 1. The van der Waals surface area contributed by atoms with Crippen molar-refractivity contribution in [1.29, 1.82) is 0 Å². The van der Waals surface area contributed by atoms with E-state index < -0.39 is 0 Å². The van der Waals surface area contributed by atoms with Crippen molar-refractivity contribution >= 4 is 28.7 Å². The van der Waals surface area contributed by atoms with Crippen molar-refractivity contribution in [2.75, 3.05) is 39.0 Å². The second kappa shape index (κ2) is 7.55. The maximum atomic E-state index is 13.3. The number of aromatic nitrogens is 4. The molecular formula is C21H24N6O2S. The third-order valence-electron chi connectivity index (χ3n) is 5.88. The molecule has 1 fully saturated rings. The lowest BCUT2D eigenvalue weighted by molar-refractivity contribution is -0.133. The van der Waals surface area contributed by atoms with Gasteiger partial charge in [-0.1, -0.05) is 23.9 Å². The number of fused-ring (bicyclic) bond motifs is 2. The molecule has 3 aromatic rings. The number of hydrogen-bond donors (Lipinski definition) is 0. The van der Waals surface area contributed by atoms with E-state index in [9.17, 15) is 9.59 Å². The molecule has 2 aliphatic heterocycles. The average Bonchev–Trinajstić information content (AvgIpc) is 3.33. The van der Waals surface area contributed by atoms with Crippen molar-refractivity contribution in [2.24, 2.45) is 0 Å². The van der Waals surface area contributed by atoms with Gasteiger partial charge in [-0.25, -0.2) is 9.67 Å². The molecule has 0 radical (unpaired) electrons.